The number of unbranched alkanes of at least 4 members (excludes halogenated alkanes) is 16. The molecule has 0 atom stereocenters. The lowest BCUT2D eigenvalue weighted by molar-refractivity contribution is 0.282. The number of aliphatic hydroxyl groups is 1. The van der Waals surface area contributed by atoms with Crippen molar-refractivity contribution in [2.45, 2.75) is 122 Å². The van der Waals surface area contributed by atoms with Crippen LogP contribution in [0.5, 0.6) is 0 Å². The number of hydrogen-bond acceptors (Lipinski definition) is 1. The van der Waals surface area contributed by atoms with Gasteiger partial charge in [-0.25, -0.2) is 0 Å². The fourth-order valence-electron chi connectivity index (χ4n) is 3.20. The predicted molar refractivity (Wildman–Crippen MR) is 114 cm³/mol. The first-order chi connectivity index (χ1) is 11.6. The largest absolute Gasteiger partial charge is 0.396 e. The topological polar surface area (TPSA) is 20.2 Å². The van der Waals surface area contributed by atoms with Crippen molar-refractivity contribution in [3.05, 3.63) is 0 Å². The molecule has 0 radical (unpaired) electrons. The Balaban J connectivity index is 3.00. The molecule has 0 bridgehead atoms. The first-order valence-corrected chi connectivity index (χ1v) is 15.3. The van der Waals surface area contributed by atoms with Gasteiger partial charge in [-0.3, -0.25) is 0 Å². The maximum Gasteiger partial charge on any atom is 0.248 e. The number of rotatable bonds is 19. The van der Waals surface area contributed by atoms with Crippen LogP contribution >= 0.6 is 22.2 Å². The highest BCUT2D eigenvalue weighted by Gasteiger charge is 2.19. The van der Waals surface area contributed by atoms with Crippen molar-refractivity contribution in [1.29, 1.82) is 0 Å². The minimum absolute atomic E-state index is 0.364. The Morgan fingerprint density at radius 2 is 0.750 bits per heavy atom. The summed E-state index contributed by atoms with van der Waals surface area (Å²) < 4.78 is 0. The Morgan fingerprint density at radius 1 is 0.500 bits per heavy atom. The normalized spacial score (nSPS) is 12.0. The van der Waals surface area contributed by atoms with E-state index >= 15 is 0 Å². The summed E-state index contributed by atoms with van der Waals surface area (Å²) in [4.78, 5) is 0. The van der Waals surface area contributed by atoms with Crippen LogP contribution in [0.1, 0.15) is 109 Å². The van der Waals surface area contributed by atoms with Gasteiger partial charge in [0, 0.05) is 6.61 Å². The van der Waals surface area contributed by atoms with E-state index in [9.17, 15) is 0 Å². The molecule has 4 heteroatoms. The summed E-state index contributed by atoms with van der Waals surface area (Å²) in [6.07, 6.45) is 22.9. The van der Waals surface area contributed by atoms with Gasteiger partial charge in [-0.2, -0.15) is 0 Å². The van der Waals surface area contributed by atoms with E-state index in [1.165, 1.54) is 103 Å². The smallest absolute Gasteiger partial charge is 0.248 e. The van der Waals surface area contributed by atoms with Gasteiger partial charge >= 0.3 is 0 Å². The van der Waals surface area contributed by atoms with E-state index in [-0.39, 0.29) is 0 Å². The maximum atomic E-state index is 8.71. The molecule has 0 rings (SSSR count). The molecule has 0 heterocycles. The van der Waals surface area contributed by atoms with Gasteiger partial charge in [0.15, 0.2) is 0 Å². The molecule has 0 saturated heterocycles. The molecule has 0 aliphatic carbocycles. The zero-order valence-corrected chi connectivity index (χ0v) is 18.7. The Morgan fingerprint density at radius 3 is 1.00 bits per heavy atom. The van der Waals surface area contributed by atoms with Crippen LogP contribution < -0.4 is 0 Å². The predicted octanol–water partition coefficient (Wildman–Crippen LogP) is 8.16. The van der Waals surface area contributed by atoms with Gasteiger partial charge in [0.25, 0.3) is 0 Å². The standard InChI is InChI=1S/C20H42Cl2OSi/c1-24(21,22)20-18-16-14-12-10-8-6-4-2-3-5-7-9-11-13-15-17-19-23/h23H,2-20H2,1H3. The summed E-state index contributed by atoms with van der Waals surface area (Å²) >= 11 is 12.2. The number of halogens is 2. The molecule has 0 fully saturated rings. The maximum absolute atomic E-state index is 8.71. The second-order valence-electron chi connectivity index (χ2n) is 7.55. The molecule has 1 nitrogen and oxygen atoms in total. The zero-order valence-electron chi connectivity index (χ0n) is 16.1. The van der Waals surface area contributed by atoms with E-state index in [0.717, 1.165) is 12.5 Å². The Kier molecular flexibility index (Phi) is 19.1. The SMILES string of the molecule is C[Si](Cl)(Cl)CCCCCCCCCCCCCCCCCCCO. The van der Waals surface area contributed by atoms with Crippen molar-refractivity contribution in [3.8, 4) is 0 Å². The average Bonchev–Trinajstić information content (AvgIpc) is 2.52. The summed E-state index contributed by atoms with van der Waals surface area (Å²) in [5, 5.41) is 8.71. The summed E-state index contributed by atoms with van der Waals surface area (Å²) in [6, 6.07) is 1.05. The van der Waals surface area contributed by atoms with Crippen LogP contribution in [0.3, 0.4) is 0 Å². The van der Waals surface area contributed by atoms with Crippen LogP contribution in [-0.4, -0.2) is 18.4 Å². The molecule has 0 aliphatic heterocycles. The second-order valence-corrected chi connectivity index (χ2v) is 15.8. The molecule has 0 aliphatic rings. The number of hydrogen-bond donors (Lipinski definition) is 1. The van der Waals surface area contributed by atoms with Crippen molar-refractivity contribution in [2.75, 3.05) is 6.61 Å². The molecule has 146 valence electrons. The van der Waals surface area contributed by atoms with Crippen LogP contribution in [0.15, 0.2) is 0 Å². The van der Waals surface area contributed by atoms with E-state index in [1.54, 1.807) is 0 Å². The minimum Gasteiger partial charge on any atom is -0.396 e. The molecule has 0 unspecified atom stereocenters. The van der Waals surface area contributed by atoms with Crippen molar-refractivity contribution < 1.29 is 5.11 Å². The van der Waals surface area contributed by atoms with Crippen LogP contribution in [0.25, 0.3) is 0 Å². The quantitative estimate of drug-likeness (QED) is 0.132. The van der Waals surface area contributed by atoms with E-state index in [4.69, 9.17) is 27.3 Å². The van der Waals surface area contributed by atoms with Crippen molar-refractivity contribution in [1.82, 2.24) is 0 Å². The fraction of sp³-hybridized carbons (Fsp3) is 1.00. The molecule has 0 saturated carbocycles. The number of aliphatic hydroxyl groups excluding tert-OH is 1. The van der Waals surface area contributed by atoms with E-state index in [1.807, 2.05) is 6.55 Å². The van der Waals surface area contributed by atoms with Crippen molar-refractivity contribution in [2.24, 2.45) is 0 Å². The van der Waals surface area contributed by atoms with Gasteiger partial charge in [-0.15, -0.1) is 22.2 Å². The van der Waals surface area contributed by atoms with Gasteiger partial charge in [0.2, 0.25) is 6.69 Å². The molecular formula is C20H42Cl2OSi. The first-order valence-electron chi connectivity index (χ1n) is 10.5. The highest BCUT2D eigenvalue weighted by atomic mass is 35.7. The van der Waals surface area contributed by atoms with E-state index in [0.29, 0.717) is 6.61 Å². The molecule has 0 aromatic carbocycles. The van der Waals surface area contributed by atoms with E-state index < -0.39 is 6.69 Å². The van der Waals surface area contributed by atoms with E-state index in [2.05, 4.69) is 0 Å². The van der Waals surface area contributed by atoms with Gasteiger partial charge in [-0.1, -0.05) is 103 Å². The first kappa shape index (κ1) is 24.8. The highest BCUT2D eigenvalue weighted by molar-refractivity contribution is 7.44. The van der Waals surface area contributed by atoms with Gasteiger partial charge < -0.3 is 5.11 Å². The second kappa shape index (κ2) is 18.5. The molecule has 0 aromatic heterocycles. The third-order valence-corrected chi connectivity index (χ3v) is 7.14. The summed E-state index contributed by atoms with van der Waals surface area (Å²) in [7, 11) is 0. The van der Waals surface area contributed by atoms with Crippen LogP contribution in [0.4, 0.5) is 0 Å². The molecule has 0 amide bonds. The third kappa shape index (κ3) is 22.8. The zero-order chi connectivity index (χ0) is 17.9. The lowest BCUT2D eigenvalue weighted by Crippen LogP contribution is -2.11. The highest BCUT2D eigenvalue weighted by Crippen LogP contribution is 2.23. The van der Waals surface area contributed by atoms with Gasteiger partial charge in [-0.05, 0) is 19.0 Å². The molecule has 0 spiro atoms. The summed E-state index contributed by atoms with van der Waals surface area (Å²) in [5.41, 5.74) is 0. The lowest BCUT2D eigenvalue weighted by atomic mass is 10.0. The fourth-order valence-corrected chi connectivity index (χ4v) is 4.87. The summed E-state index contributed by atoms with van der Waals surface area (Å²) in [6.45, 7) is 0.555. The lowest BCUT2D eigenvalue weighted by Gasteiger charge is -2.09. The molecule has 1 N–H and O–H groups in total. The monoisotopic (exact) mass is 396 g/mol. The Labute approximate surface area is 162 Å². The average molecular weight is 398 g/mol. The minimum atomic E-state index is -1.83. The third-order valence-electron chi connectivity index (χ3n) is 4.77. The van der Waals surface area contributed by atoms with Crippen LogP contribution in [-0.2, 0) is 0 Å². The van der Waals surface area contributed by atoms with Gasteiger partial charge in [0.05, 0.1) is 0 Å². The Hall–Kier alpha value is 0.757. The molecular weight excluding hydrogens is 355 g/mol. The van der Waals surface area contributed by atoms with Crippen molar-refractivity contribution >= 4 is 28.9 Å². The van der Waals surface area contributed by atoms with Crippen LogP contribution in [0, 0.1) is 0 Å². The Bertz CT molecular complexity index is 244. The van der Waals surface area contributed by atoms with Crippen molar-refractivity contribution in [3.63, 3.8) is 0 Å². The molecule has 24 heavy (non-hydrogen) atoms. The summed E-state index contributed by atoms with van der Waals surface area (Å²) in [5.74, 6) is 0. The molecule has 0 aromatic rings. The van der Waals surface area contributed by atoms with Crippen LogP contribution in [0.2, 0.25) is 12.6 Å². The van der Waals surface area contributed by atoms with Gasteiger partial charge in [0.1, 0.15) is 0 Å².